The third kappa shape index (κ3) is 3.99. The van der Waals surface area contributed by atoms with Crippen molar-refractivity contribution in [2.24, 2.45) is 0 Å². The summed E-state index contributed by atoms with van der Waals surface area (Å²) in [5, 5.41) is 3.88. The molecule has 0 spiro atoms. The second-order valence-corrected chi connectivity index (χ2v) is 9.44. The third-order valence-corrected chi connectivity index (χ3v) is 7.37. The van der Waals surface area contributed by atoms with Crippen LogP contribution in [0.25, 0.3) is 0 Å². The predicted molar refractivity (Wildman–Crippen MR) is 94.3 cm³/mol. The second kappa shape index (κ2) is 7.11. The van der Waals surface area contributed by atoms with Crippen molar-refractivity contribution in [3.05, 3.63) is 68.9 Å². The van der Waals surface area contributed by atoms with E-state index in [1.165, 1.54) is 4.31 Å². The van der Waals surface area contributed by atoms with Crippen LogP contribution < -0.4 is 0 Å². The van der Waals surface area contributed by atoms with Gasteiger partial charge in [-0.25, -0.2) is 8.42 Å². The molecule has 0 radical (unpaired) electrons. The first-order valence-electron chi connectivity index (χ1n) is 6.72. The summed E-state index contributed by atoms with van der Waals surface area (Å²) in [4.78, 5) is 4.23. The molecule has 4 nitrogen and oxygen atoms in total. The molecule has 0 bridgehead atoms. The Morgan fingerprint density at radius 2 is 2.00 bits per heavy atom. The van der Waals surface area contributed by atoms with E-state index in [0.717, 1.165) is 16.9 Å². The van der Waals surface area contributed by atoms with E-state index in [4.69, 9.17) is 11.6 Å². The van der Waals surface area contributed by atoms with E-state index in [0.29, 0.717) is 16.6 Å². The highest BCUT2D eigenvalue weighted by molar-refractivity contribution is 7.91. The van der Waals surface area contributed by atoms with Gasteiger partial charge in [0.2, 0.25) is 0 Å². The van der Waals surface area contributed by atoms with Gasteiger partial charge in [-0.3, -0.25) is 4.98 Å². The van der Waals surface area contributed by atoms with Crippen molar-refractivity contribution in [3.63, 3.8) is 0 Å². The first-order chi connectivity index (χ1) is 11.1. The van der Waals surface area contributed by atoms with E-state index in [9.17, 15) is 8.42 Å². The number of hydrogen-bond donors (Lipinski definition) is 0. The lowest BCUT2D eigenvalue weighted by Crippen LogP contribution is -2.30. The Bertz CT molecular complexity index is 861. The van der Waals surface area contributed by atoms with E-state index in [1.54, 1.807) is 35.7 Å². The van der Waals surface area contributed by atoms with Crippen LogP contribution in [-0.4, -0.2) is 17.7 Å². The third-order valence-electron chi connectivity index (χ3n) is 3.15. The van der Waals surface area contributed by atoms with Crippen LogP contribution in [0.1, 0.15) is 11.3 Å². The molecule has 23 heavy (non-hydrogen) atoms. The summed E-state index contributed by atoms with van der Waals surface area (Å²) in [6, 6.07) is 10.5. The largest absolute Gasteiger partial charge is 0.260 e. The maximum atomic E-state index is 12.9. The van der Waals surface area contributed by atoms with Gasteiger partial charge in [-0.05, 0) is 46.7 Å². The van der Waals surface area contributed by atoms with Gasteiger partial charge in [0.15, 0.2) is 0 Å². The molecule has 0 atom stereocenters. The fraction of sp³-hybridized carbons (Fsp3) is 0.133. The summed E-state index contributed by atoms with van der Waals surface area (Å²) in [5.74, 6) is 0. The van der Waals surface area contributed by atoms with Gasteiger partial charge in [-0.2, -0.15) is 15.6 Å². The lowest BCUT2D eigenvalue weighted by molar-refractivity contribution is 0.398. The van der Waals surface area contributed by atoms with Crippen LogP contribution in [0.15, 0.2) is 57.6 Å². The smallest absolute Gasteiger partial charge is 0.253 e. The molecular formula is C15H13ClN2O2S3. The molecule has 0 unspecified atom stereocenters. The van der Waals surface area contributed by atoms with Gasteiger partial charge in [0, 0.05) is 12.7 Å². The topological polar surface area (TPSA) is 50.3 Å². The number of aromatic nitrogens is 1. The van der Waals surface area contributed by atoms with Crippen molar-refractivity contribution in [2.75, 3.05) is 0 Å². The fourth-order valence-corrected chi connectivity index (χ4v) is 5.74. The summed E-state index contributed by atoms with van der Waals surface area (Å²) in [7, 11) is -3.62. The molecule has 0 amide bonds. The monoisotopic (exact) mass is 384 g/mol. The maximum absolute atomic E-state index is 12.9. The molecule has 0 N–H and O–H groups in total. The minimum absolute atomic E-state index is 0.217. The van der Waals surface area contributed by atoms with Gasteiger partial charge in [-0.15, -0.1) is 11.3 Å². The molecule has 0 aliphatic rings. The van der Waals surface area contributed by atoms with Gasteiger partial charge in [0.1, 0.15) is 4.21 Å². The van der Waals surface area contributed by atoms with Gasteiger partial charge in [-0.1, -0.05) is 17.7 Å². The van der Waals surface area contributed by atoms with Crippen molar-refractivity contribution in [2.45, 2.75) is 17.3 Å². The molecule has 0 aromatic carbocycles. The summed E-state index contributed by atoms with van der Waals surface area (Å²) < 4.78 is 28.0. The molecule has 120 valence electrons. The Hall–Kier alpha value is -1.25. The Morgan fingerprint density at radius 1 is 1.13 bits per heavy atom. The number of hydrogen-bond acceptors (Lipinski definition) is 5. The van der Waals surface area contributed by atoms with E-state index >= 15 is 0 Å². The molecule has 0 saturated heterocycles. The Morgan fingerprint density at radius 3 is 2.61 bits per heavy atom. The summed E-state index contributed by atoms with van der Waals surface area (Å²) in [5.41, 5.74) is 1.66. The Labute approximate surface area is 148 Å². The lowest BCUT2D eigenvalue weighted by atomic mass is 10.3. The fourth-order valence-electron chi connectivity index (χ4n) is 2.05. The van der Waals surface area contributed by atoms with Gasteiger partial charge < -0.3 is 0 Å². The molecule has 0 fully saturated rings. The maximum Gasteiger partial charge on any atom is 0.253 e. The number of rotatable bonds is 6. The highest BCUT2D eigenvalue weighted by atomic mass is 35.5. The summed E-state index contributed by atoms with van der Waals surface area (Å²) in [6.45, 7) is 0.520. The number of thiophene rings is 2. The van der Waals surface area contributed by atoms with Crippen LogP contribution in [-0.2, 0) is 23.1 Å². The van der Waals surface area contributed by atoms with Crippen LogP contribution >= 0.6 is 34.3 Å². The molecular weight excluding hydrogens is 372 g/mol. The molecule has 8 heteroatoms. The quantitative estimate of drug-likeness (QED) is 0.638. The average molecular weight is 385 g/mol. The first kappa shape index (κ1) is 16.6. The van der Waals surface area contributed by atoms with Gasteiger partial charge >= 0.3 is 0 Å². The molecule has 3 heterocycles. The van der Waals surface area contributed by atoms with Crippen LogP contribution in [0.3, 0.4) is 0 Å². The summed E-state index contributed by atoms with van der Waals surface area (Å²) >= 11 is 8.51. The van der Waals surface area contributed by atoms with Crippen LogP contribution in [0, 0.1) is 0 Å². The normalized spacial score (nSPS) is 11.9. The zero-order valence-electron chi connectivity index (χ0n) is 11.9. The van der Waals surface area contributed by atoms with Crippen molar-refractivity contribution >= 4 is 44.3 Å². The zero-order valence-corrected chi connectivity index (χ0v) is 15.1. The van der Waals surface area contributed by atoms with Crippen molar-refractivity contribution in [1.82, 2.24) is 9.29 Å². The first-order valence-corrected chi connectivity index (χ1v) is 10.3. The number of sulfonamides is 1. The molecule has 0 aliphatic heterocycles. The van der Waals surface area contributed by atoms with Crippen molar-refractivity contribution < 1.29 is 8.42 Å². The highest BCUT2D eigenvalue weighted by Crippen LogP contribution is 2.29. The van der Waals surface area contributed by atoms with E-state index in [2.05, 4.69) is 4.98 Å². The van der Waals surface area contributed by atoms with Crippen LogP contribution in [0.5, 0.6) is 0 Å². The van der Waals surface area contributed by atoms with Gasteiger partial charge in [0.05, 0.1) is 16.6 Å². The number of nitrogens with zero attached hydrogens (tertiary/aromatic N) is 2. The minimum Gasteiger partial charge on any atom is -0.260 e. The molecule has 3 aromatic rings. The van der Waals surface area contributed by atoms with E-state index < -0.39 is 10.0 Å². The van der Waals surface area contributed by atoms with Crippen molar-refractivity contribution in [1.29, 1.82) is 0 Å². The van der Waals surface area contributed by atoms with E-state index in [1.807, 2.05) is 29.0 Å². The minimum atomic E-state index is -3.62. The SMILES string of the molecule is O=S(=O)(c1ccc(Cl)s1)N(Cc1ccsc1)Cc1ccccn1. The standard InChI is InChI=1S/C15H13ClN2O2S3/c16-14-4-5-15(22-14)23(19,20)18(9-12-6-8-21-11-12)10-13-3-1-2-7-17-13/h1-8,11H,9-10H2. The molecule has 3 rings (SSSR count). The van der Waals surface area contributed by atoms with Gasteiger partial charge in [0.25, 0.3) is 10.0 Å². The second-order valence-electron chi connectivity index (χ2n) is 4.78. The summed E-state index contributed by atoms with van der Waals surface area (Å²) in [6.07, 6.45) is 1.66. The lowest BCUT2D eigenvalue weighted by Gasteiger charge is -2.20. The van der Waals surface area contributed by atoms with Crippen LogP contribution in [0.4, 0.5) is 0 Å². The average Bonchev–Trinajstić information content (AvgIpc) is 3.19. The molecule has 0 saturated carbocycles. The Kier molecular flexibility index (Phi) is 5.13. The molecule has 3 aromatic heterocycles. The number of halogens is 1. The zero-order chi connectivity index (χ0) is 16.3. The van der Waals surface area contributed by atoms with Crippen LogP contribution in [0.2, 0.25) is 4.34 Å². The van der Waals surface area contributed by atoms with E-state index in [-0.39, 0.29) is 10.8 Å². The number of pyridine rings is 1. The molecule has 0 aliphatic carbocycles. The van der Waals surface area contributed by atoms with Crippen molar-refractivity contribution in [3.8, 4) is 0 Å². The highest BCUT2D eigenvalue weighted by Gasteiger charge is 2.27. The predicted octanol–water partition coefficient (Wildman–Crippen LogP) is 4.25. The Balaban J connectivity index is 1.93.